The SMILES string of the molecule is Fc1[nH]nc2ccc(C3Nc4ccc5[nH]ncc5c4C4C5CCC(C5)C34)cc12. The summed E-state index contributed by atoms with van der Waals surface area (Å²) in [6.07, 6.45) is 5.92. The predicted octanol–water partition coefficient (Wildman–Crippen LogP) is 4.87. The van der Waals surface area contributed by atoms with Gasteiger partial charge in [0.05, 0.1) is 28.7 Å². The van der Waals surface area contributed by atoms with Crippen LogP contribution in [0.4, 0.5) is 10.1 Å². The minimum Gasteiger partial charge on any atom is -0.378 e. The number of H-pyrrole nitrogens is 2. The Labute approximate surface area is 160 Å². The van der Waals surface area contributed by atoms with E-state index in [0.29, 0.717) is 22.7 Å². The summed E-state index contributed by atoms with van der Waals surface area (Å²) in [6.45, 7) is 0. The van der Waals surface area contributed by atoms with Gasteiger partial charge in [0, 0.05) is 11.1 Å². The summed E-state index contributed by atoms with van der Waals surface area (Å²) in [5.41, 5.74) is 5.61. The van der Waals surface area contributed by atoms with Gasteiger partial charge < -0.3 is 5.32 Å². The fourth-order valence-electron chi connectivity index (χ4n) is 6.53. The first-order valence-electron chi connectivity index (χ1n) is 10.1. The highest BCUT2D eigenvalue weighted by molar-refractivity contribution is 5.89. The number of halogens is 1. The molecule has 2 aromatic carbocycles. The molecule has 7 rings (SSSR count). The highest BCUT2D eigenvalue weighted by Gasteiger charge is 2.54. The molecule has 2 fully saturated rings. The fraction of sp³-hybridized carbons (Fsp3) is 0.364. The van der Waals surface area contributed by atoms with Crippen LogP contribution in [0.1, 0.15) is 42.3 Å². The zero-order chi connectivity index (χ0) is 18.4. The van der Waals surface area contributed by atoms with Crippen molar-refractivity contribution in [3.05, 3.63) is 53.6 Å². The predicted molar refractivity (Wildman–Crippen MR) is 106 cm³/mol. The topological polar surface area (TPSA) is 69.4 Å². The molecule has 28 heavy (non-hydrogen) atoms. The number of rotatable bonds is 1. The Morgan fingerprint density at radius 2 is 1.93 bits per heavy atom. The second kappa shape index (κ2) is 5.13. The average Bonchev–Trinajstić information content (AvgIpc) is 3.51. The molecule has 2 bridgehead atoms. The van der Waals surface area contributed by atoms with Crippen molar-refractivity contribution < 1.29 is 4.39 Å². The molecule has 5 unspecified atom stereocenters. The highest BCUT2D eigenvalue weighted by atomic mass is 19.1. The maximum absolute atomic E-state index is 14.1. The zero-order valence-electron chi connectivity index (χ0n) is 15.2. The quantitative estimate of drug-likeness (QED) is 0.446. The van der Waals surface area contributed by atoms with Gasteiger partial charge in [0.25, 0.3) is 0 Å². The lowest BCUT2D eigenvalue weighted by Gasteiger charge is -2.43. The first kappa shape index (κ1) is 15.1. The largest absolute Gasteiger partial charge is 0.378 e. The van der Waals surface area contributed by atoms with Crippen LogP contribution in [-0.4, -0.2) is 20.4 Å². The highest BCUT2D eigenvalue weighted by Crippen LogP contribution is 2.64. The molecule has 5 nitrogen and oxygen atoms in total. The van der Waals surface area contributed by atoms with Crippen LogP contribution < -0.4 is 5.32 Å². The Hall–Kier alpha value is -2.89. The van der Waals surface area contributed by atoms with Gasteiger partial charge in [-0.25, -0.2) is 0 Å². The molecule has 0 radical (unpaired) electrons. The molecule has 3 aliphatic rings. The molecule has 2 aromatic heterocycles. The Balaban J connectivity index is 1.44. The van der Waals surface area contributed by atoms with Gasteiger partial charge in [-0.1, -0.05) is 6.07 Å². The number of anilines is 1. The second-order valence-electron chi connectivity index (χ2n) is 8.73. The van der Waals surface area contributed by atoms with Gasteiger partial charge in [-0.2, -0.15) is 14.6 Å². The molecule has 0 saturated heterocycles. The molecule has 3 N–H and O–H groups in total. The van der Waals surface area contributed by atoms with E-state index in [-0.39, 0.29) is 12.0 Å². The van der Waals surface area contributed by atoms with E-state index >= 15 is 0 Å². The van der Waals surface area contributed by atoms with Gasteiger partial charge in [0.2, 0.25) is 5.95 Å². The van der Waals surface area contributed by atoms with Gasteiger partial charge in [-0.05, 0) is 78.3 Å². The minimum atomic E-state index is -0.349. The number of aromatic nitrogens is 4. The smallest absolute Gasteiger partial charge is 0.216 e. The number of benzene rings is 2. The lowest BCUT2D eigenvalue weighted by Crippen LogP contribution is -2.35. The van der Waals surface area contributed by atoms with Crippen molar-refractivity contribution in [1.82, 2.24) is 20.4 Å². The van der Waals surface area contributed by atoms with E-state index in [0.717, 1.165) is 22.9 Å². The lowest BCUT2D eigenvalue weighted by molar-refractivity contribution is 0.249. The van der Waals surface area contributed by atoms with Crippen molar-refractivity contribution in [3.63, 3.8) is 0 Å². The zero-order valence-corrected chi connectivity index (χ0v) is 15.2. The molecule has 2 saturated carbocycles. The third kappa shape index (κ3) is 1.81. The number of aromatic amines is 2. The van der Waals surface area contributed by atoms with Crippen molar-refractivity contribution in [1.29, 1.82) is 0 Å². The van der Waals surface area contributed by atoms with Crippen LogP contribution in [0.5, 0.6) is 0 Å². The van der Waals surface area contributed by atoms with Crippen LogP contribution in [-0.2, 0) is 0 Å². The van der Waals surface area contributed by atoms with Gasteiger partial charge in [0.1, 0.15) is 0 Å². The maximum atomic E-state index is 14.1. The lowest BCUT2D eigenvalue weighted by atomic mass is 9.67. The standard InChI is InChI=1S/C22H20FN5/c23-22-13-8-12(3-4-15(13)27-28-22)21-19-11-2-1-10(7-11)18(19)20-14-9-24-26-16(14)5-6-17(20)25-21/h3-6,8-11,18-19,21,25H,1-2,7H2,(H,24,26)(H,27,28). The van der Waals surface area contributed by atoms with Gasteiger partial charge in [-0.15, -0.1) is 0 Å². The summed E-state index contributed by atoms with van der Waals surface area (Å²) in [4.78, 5) is 0. The third-order valence-corrected chi connectivity index (χ3v) is 7.57. The van der Waals surface area contributed by atoms with Crippen LogP contribution in [0.2, 0.25) is 0 Å². The Morgan fingerprint density at radius 1 is 1.00 bits per heavy atom. The average molecular weight is 373 g/mol. The number of hydrogen-bond acceptors (Lipinski definition) is 3. The molecule has 140 valence electrons. The summed E-state index contributed by atoms with van der Waals surface area (Å²) in [5.74, 6) is 2.21. The molecule has 6 heteroatoms. The summed E-state index contributed by atoms with van der Waals surface area (Å²) >= 11 is 0. The molecular weight excluding hydrogens is 353 g/mol. The van der Waals surface area contributed by atoms with E-state index in [4.69, 9.17) is 0 Å². The van der Waals surface area contributed by atoms with E-state index in [9.17, 15) is 4.39 Å². The Kier molecular flexibility index (Phi) is 2.76. The van der Waals surface area contributed by atoms with Gasteiger partial charge in [0.15, 0.2) is 0 Å². The number of hydrogen-bond donors (Lipinski definition) is 3. The van der Waals surface area contributed by atoms with E-state index in [1.54, 1.807) is 0 Å². The molecule has 1 aliphatic heterocycles. The summed E-state index contributed by atoms with van der Waals surface area (Å²) in [5, 5.41) is 19.6. The van der Waals surface area contributed by atoms with E-state index in [1.807, 2.05) is 18.3 Å². The van der Waals surface area contributed by atoms with Gasteiger partial charge >= 0.3 is 0 Å². The van der Waals surface area contributed by atoms with Crippen LogP contribution in [0.15, 0.2) is 36.5 Å². The molecule has 0 spiro atoms. The Morgan fingerprint density at radius 3 is 2.89 bits per heavy atom. The first-order chi connectivity index (χ1) is 13.8. The first-order valence-corrected chi connectivity index (χ1v) is 10.1. The monoisotopic (exact) mass is 373 g/mol. The number of fused-ring (bicyclic) bond motifs is 10. The molecular formula is C22H20FN5. The summed E-state index contributed by atoms with van der Waals surface area (Å²) in [7, 11) is 0. The fourth-order valence-corrected chi connectivity index (χ4v) is 6.53. The second-order valence-corrected chi connectivity index (χ2v) is 8.73. The van der Waals surface area contributed by atoms with E-state index in [2.05, 4.69) is 43.9 Å². The van der Waals surface area contributed by atoms with Crippen LogP contribution >= 0.6 is 0 Å². The molecule has 0 amide bonds. The normalized spacial score (nSPS) is 30.5. The molecule has 3 heterocycles. The van der Waals surface area contributed by atoms with Crippen LogP contribution in [0, 0.1) is 23.7 Å². The van der Waals surface area contributed by atoms with Crippen molar-refractivity contribution in [3.8, 4) is 0 Å². The van der Waals surface area contributed by atoms with E-state index in [1.165, 1.54) is 35.9 Å². The number of nitrogens with zero attached hydrogens (tertiary/aromatic N) is 2. The van der Waals surface area contributed by atoms with E-state index < -0.39 is 0 Å². The molecule has 2 aliphatic carbocycles. The third-order valence-electron chi connectivity index (χ3n) is 7.57. The molecule has 5 atom stereocenters. The molecule has 4 aromatic rings. The van der Waals surface area contributed by atoms with Crippen LogP contribution in [0.25, 0.3) is 21.8 Å². The van der Waals surface area contributed by atoms with Crippen molar-refractivity contribution in [2.24, 2.45) is 17.8 Å². The minimum absolute atomic E-state index is 0.204. The summed E-state index contributed by atoms with van der Waals surface area (Å²) in [6, 6.07) is 10.5. The van der Waals surface area contributed by atoms with Crippen molar-refractivity contribution in [2.45, 2.75) is 31.2 Å². The summed E-state index contributed by atoms with van der Waals surface area (Å²) < 4.78 is 14.1. The van der Waals surface area contributed by atoms with Crippen molar-refractivity contribution >= 4 is 27.5 Å². The Bertz CT molecular complexity index is 1240. The maximum Gasteiger partial charge on any atom is 0.216 e. The van der Waals surface area contributed by atoms with Crippen LogP contribution in [0.3, 0.4) is 0 Å². The van der Waals surface area contributed by atoms with Gasteiger partial charge in [-0.3, -0.25) is 10.2 Å². The van der Waals surface area contributed by atoms with Crippen molar-refractivity contribution in [2.75, 3.05) is 5.32 Å². The number of nitrogens with one attached hydrogen (secondary N) is 3.